The summed E-state index contributed by atoms with van der Waals surface area (Å²) >= 11 is 0. The molecule has 8 heteroatoms. The number of halogens is 2. The average molecular weight is 245 g/mol. The first-order valence-corrected chi connectivity index (χ1v) is 4.54. The molecule has 92 valence electrons. The van der Waals surface area contributed by atoms with Crippen molar-refractivity contribution in [3.8, 4) is 0 Å². The van der Waals surface area contributed by atoms with E-state index >= 15 is 0 Å². The van der Waals surface area contributed by atoms with Crippen LogP contribution >= 0.6 is 0 Å². The van der Waals surface area contributed by atoms with Gasteiger partial charge in [0.15, 0.2) is 17.3 Å². The number of rotatable bonds is 4. The van der Waals surface area contributed by atoms with E-state index in [4.69, 9.17) is 0 Å². The van der Waals surface area contributed by atoms with Crippen LogP contribution in [-0.4, -0.2) is 24.4 Å². The normalized spacial score (nSPS) is 10.1. The molecule has 0 radical (unpaired) electrons. The van der Waals surface area contributed by atoms with Crippen LogP contribution in [0.15, 0.2) is 12.1 Å². The quantitative estimate of drug-likeness (QED) is 0.613. The molecule has 0 aliphatic heterocycles. The number of nitrogens with one attached hydrogen (secondary N) is 2. The van der Waals surface area contributed by atoms with E-state index in [0.717, 1.165) is 6.07 Å². The van der Waals surface area contributed by atoms with E-state index in [1.807, 2.05) is 5.32 Å². The van der Waals surface area contributed by atoms with Crippen LogP contribution in [0.4, 0.5) is 20.2 Å². The van der Waals surface area contributed by atoms with E-state index in [-0.39, 0.29) is 6.54 Å². The first-order valence-electron chi connectivity index (χ1n) is 4.54. The molecular weight excluding hydrogens is 236 g/mol. The summed E-state index contributed by atoms with van der Waals surface area (Å²) in [4.78, 5) is 20.8. The molecule has 0 aliphatic rings. The summed E-state index contributed by atoms with van der Waals surface area (Å²) in [6.45, 7) is -0.174. The Morgan fingerprint density at radius 1 is 1.47 bits per heavy atom. The standard InChI is InChI=1S/C9H9F2N3O3/c1-12-4-7(15)13-9-6(14(16)17)3-2-5(10)8(9)11/h2-3,12H,4H2,1H3,(H,13,15). The number of carbonyl (C=O) groups excluding carboxylic acids is 1. The van der Waals surface area contributed by atoms with Gasteiger partial charge in [-0.05, 0) is 13.1 Å². The Balaban J connectivity index is 3.14. The first-order chi connectivity index (χ1) is 7.97. The minimum absolute atomic E-state index is 0.174. The minimum atomic E-state index is -1.45. The Labute approximate surface area is 94.8 Å². The number of hydrogen-bond acceptors (Lipinski definition) is 4. The van der Waals surface area contributed by atoms with Gasteiger partial charge < -0.3 is 10.6 Å². The van der Waals surface area contributed by atoms with Crippen molar-refractivity contribution in [2.24, 2.45) is 0 Å². The predicted molar refractivity (Wildman–Crippen MR) is 55.6 cm³/mol. The zero-order valence-corrected chi connectivity index (χ0v) is 8.79. The third-order valence-corrected chi connectivity index (χ3v) is 1.87. The zero-order valence-electron chi connectivity index (χ0n) is 8.79. The summed E-state index contributed by atoms with van der Waals surface area (Å²) in [5, 5.41) is 15.0. The molecule has 0 fully saturated rings. The van der Waals surface area contributed by atoms with Crippen molar-refractivity contribution in [2.45, 2.75) is 0 Å². The van der Waals surface area contributed by atoms with E-state index < -0.39 is 33.8 Å². The fourth-order valence-corrected chi connectivity index (χ4v) is 1.16. The molecule has 0 spiro atoms. The van der Waals surface area contributed by atoms with Crippen molar-refractivity contribution < 1.29 is 18.5 Å². The first kappa shape index (κ1) is 13.0. The Kier molecular flexibility index (Phi) is 4.05. The van der Waals surface area contributed by atoms with Crippen LogP contribution in [0.1, 0.15) is 0 Å². The van der Waals surface area contributed by atoms with Crippen molar-refractivity contribution in [3.05, 3.63) is 33.9 Å². The highest BCUT2D eigenvalue weighted by atomic mass is 19.2. The van der Waals surface area contributed by atoms with Crippen LogP contribution in [0.25, 0.3) is 0 Å². The highest BCUT2D eigenvalue weighted by molar-refractivity contribution is 5.94. The molecule has 1 aromatic rings. The molecule has 0 aliphatic carbocycles. The summed E-state index contributed by atoms with van der Waals surface area (Å²) in [5.41, 5.74) is -1.47. The average Bonchev–Trinajstić information content (AvgIpc) is 2.25. The van der Waals surface area contributed by atoms with Crippen molar-refractivity contribution in [3.63, 3.8) is 0 Å². The number of benzene rings is 1. The van der Waals surface area contributed by atoms with Gasteiger partial charge in [0.25, 0.3) is 5.69 Å². The second kappa shape index (κ2) is 5.30. The maximum atomic E-state index is 13.3. The lowest BCUT2D eigenvalue weighted by Gasteiger charge is -2.07. The SMILES string of the molecule is CNCC(=O)Nc1c([N+](=O)[O-])ccc(F)c1F. The Bertz CT molecular complexity index is 465. The zero-order chi connectivity index (χ0) is 13.0. The highest BCUT2D eigenvalue weighted by Gasteiger charge is 2.22. The van der Waals surface area contributed by atoms with Gasteiger partial charge in [-0.3, -0.25) is 14.9 Å². The molecule has 1 amide bonds. The summed E-state index contributed by atoms with van der Waals surface area (Å²) in [6, 6.07) is 1.41. The molecule has 0 saturated heterocycles. The molecule has 1 aromatic carbocycles. The van der Waals surface area contributed by atoms with E-state index in [1.54, 1.807) is 0 Å². The van der Waals surface area contributed by atoms with Crippen LogP contribution < -0.4 is 10.6 Å². The second-order valence-electron chi connectivity index (χ2n) is 3.09. The molecule has 0 unspecified atom stereocenters. The van der Waals surface area contributed by atoms with E-state index in [2.05, 4.69) is 5.32 Å². The Morgan fingerprint density at radius 3 is 2.65 bits per heavy atom. The number of nitro groups is 1. The summed E-state index contributed by atoms with van der Waals surface area (Å²) < 4.78 is 26.2. The minimum Gasteiger partial charge on any atom is -0.317 e. The molecule has 0 heterocycles. The van der Waals surface area contributed by atoms with Gasteiger partial charge >= 0.3 is 0 Å². The number of amides is 1. The van der Waals surface area contributed by atoms with Gasteiger partial charge in [0.1, 0.15) is 0 Å². The van der Waals surface area contributed by atoms with Crippen LogP contribution in [-0.2, 0) is 4.79 Å². The van der Waals surface area contributed by atoms with Gasteiger partial charge in [-0.25, -0.2) is 8.78 Å². The Morgan fingerprint density at radius 2 is 2.12 bits per heavy atom. The molecular formula is C9H9F2N3O3. The van der Waals surface area contributed by atoms with Gasteiger partial charge in [-0.2, -0.15) is 0 Å². The molecule has 6 nitrogen and oxygen atoms in total. The highest BCUT2D eigenvalue weighted by Crippen LogP contribution is 2.28. The van der Waals surface area contributed by atoms with Crippen LogP contribution in [0.3, 0.4) is 0 Å². The number of carbonyl (C=O) groups is 1. The molecule has 17 heavy (non-hydrogen) atoms. The van der Waals surface area contributed by atoms with Gasteiger partial charge in [0.05, 0.1) is 11.5 Å². The largest absolute Gasteiger partial charge is 0.317 e. The molecule has 0 bridgehead atoms. The fourth-order valence-electron chi connectivity index (χ4n) is 1.16. The van der Waals surface area contributed by atoms with Gasteiger partial charge in [-0.15, -0.1) is 0 Å². The van der Waals surface area contributed by atoms with Gasteiger partial charge in [-0.1, -0.05) is 0 Å². The van der Waals surface area contributed by atoms with Crippen LogP contribution in [0.2, 0.25) is 0 Å². The third kappa shape index (κ3) is 2.94. The van der Waals surface area contributed by atoms with Crippen molar-refractivity contribution in [1.82, 2.24) is 5.32 Å². The lowest BCUT2D eigenvalue weighted by atomic mass is 10.2. The van der Waals surface area contributed by atoms with Crippen LogP contribution in [0.5, 0.6) is 0 Å². The van der Waals surface area contributed by atoms with E-state index in [0.29, 0.717) is 6.07 Å². The topological polar surface area (TPSA) is 84.3 Å². The second-order valence-corrected chi connectivity index (χ2v) is 3.09. The fraction of sp³-hybridized carbons (Fsp3) is 0.222. The molecule has 0 atom stereocenters. The molecule has 2 N–H and O–H groups in total. The van der Waals surface area contributed by atoms with Gasteiger partial charge in [0.2, 0.25) is 5.91 Å². The van der Waals surface area contributed by atoms with Crippen molar-refractivity contribution in [2.75, 3.05) is 18.9 Å². The lowest BCUT2D eigenvalue weighted by molar-refractivity contribution is -0.384. The maximum Gasteiger partial charge on any atom is 0.296 e. The monoisotopic (exact) mass is 245 g/mol. The number of likely N-dealkylation sites (N-methyl/N-ethyl adjacent to an activating group) is 1. The molecule has 0 saturated carbocycles. The molecule has 1 rings (SSSR count). The number of anilines is 1. The smallest absolute Gasteiger partial charge is 0.296 e. The van der Waals surface area contributed by atoms with Crippen molar-refractivity contribution >= 4 is 17.3 Å². The van der Waals surface area contributed by atoms with E-state index in [9.17, 15) is 23.7 Å². The number of nitro benzene ring substituents is 1. The van der Waals surface area contributed by atoms with Gasteiger partial charge in [0, 0.05) is 6.07 Å². The summed E-state index contributed by atoms with van der Waals surface area (Å²) in [6.07, 6.45) is 0. The van der Waals surface area contributed by atoms with E-state index in [1.165, 1.54) is 7.05 Å². The number of hydrogen-bond donors (Lipinski definition) is 2. The van der Waals surface area contributed by atoms with Crippen LogP contribution in [0, 0.1) is 21.7 Å². The number of nitrogens with zero attached hydrogens (tertiary/aromatic N) is 1. The third-order valence-electron chi connectivity index (χ3n) is 1.87. The molecule has 0 aromatic heterocycles. The maximum absolute atomic E-state index is 13.3. The lowest BCUT2D eigenvalue weighted by Crippen LogP contribution is -2.26. The summed E-state index contributed by atoms with van der Waals surface area (Å²) in [7, 11) is 1.47. The summed E-state index contributed by atoms with van der Waals surface area (Å²) in [5.74, 6) is -3.43. The van der Waals surface area contributed by atoms with Crippen molar-refractivity contribution in [1.29, 1.82) is 0 Å². The predicted octanol–water partition coefficient (Wildman–Crippen LogP) is 1.03. The Hall–Kier alpha value is -2.09.